The predicted molar refractivity (Wildman–Crippen MR) is 78.0 cm³/mol. The maximum atomic E-state index is 12.3. The molecule has 2 aliphatic rings. The van der Waals surface area contributed by atoms with Crippen LogP contribution in [0.5, 0.6) is 0 Å². The van der Waals surface area contributed by atoms with Gasteiger partial charge < -0.3 is 14.4 Å². The molecule has 2 saturated heterocycles. The molecule has 2 amide bonds. The minimum atomic E-state index is -0.367. The molecule has 2 fully saturated rings. The monoisotopic (exact) mass is 298 g/mol. The van der Waals surface area contributed by atoms with Gasteiger partial charge in [-0.05, 0) is 32.1 Å². The summed E-state index contributed by atoms with van der Waals surface area (Å²) in [5.74, 6) is 0.0185. The number of ether oxygens (including phenoxy) is 2. The van der Waals surface area contributed by atoms with Gasteiger partial charge in [-0.15, -0.1) is 0 Å². The van der Waals surface area contributed by atoms with E-state index in [1.807, 2.05) is 4.90 Å². The lowest BCUT2D eigenvalue weighted by Crippen LogP contribution is -2.46. The zero-order valence-electron chi connectivity index (χ0n) is 12.9. The molecule has 0 aliphatic carbocycles. The molecular weight excluding hydrogens is 272 g/mol. The van der Waals surface area contributed by atoms with Crippen LogP contribution in [0.15, 0.2) is 0 Å². The Hall–Kier alpha value is -1.30. The molecule has 120 valence electrons. The largest absolute Gasteiger partial charge is 0.449 e. The molecule has 6 nitrogen and oxygen atoms in total. The van der Waals surface area contributed by atoms with Crippen LogP contribution in [0.3, 0.4) is 0 Å². The number of hydrogen-bond donors (Lipinski definition) is 0. The minimum Gasteiger partial charge on any atom is -0.449 e. The van der Waals surface area contributed by atoms with Crippen molar-refractivity contribution in [3.63, 3.8) is 0 Å². The van der Waals surface area contributed by atoms with E-state index in [1.165, 1.54) is 4.90 Å². The van der Waals surface area contributed by atoms with Gasteiger partial charge in [0.25, 0.3) is 0 Å². The van der Waals surface area contributed by atoms with Crippen LogP contribution in [-0.2, 0) is 14.3 Å². The van der Waals surface area contributed by atoms with Crippen molar-refractivity contribution in [2.75, 3.05) is 39.4 Å². The molecule has 0 aromatic heterocycles. The summed E-state index contributed by atoms with van der Waals surface area (Å²) < 4.78 is 10.7. The molecular formula is C15H26N2O4. The fourth-order valence-corrected chi connectivity index (χ4v) is 2.77. The summed E-state index contributed by atoms with van der Waals surface area (Å²) in [6, 6.07) is 0. The van der Waals surface area contributed by atoms with Crippen LogP contribution >= 0.6 is 0 Å². The fourth-order valence-electron chi connectivity index (χ4n) is 2.77. The maximum Gasteiger partial charge on any atom is 0.410 e. The van der Waals surface area contributed by atoms with Crippen LogP contribution in [0.1, 0.15) is 39.0 Å². The second-order valence-corrected chi connectivity index (χ2v) is 5.69. The number of carbonyl (C=O) groups is 2. The highest BCUT2D eigenvalue weighted by atomic mass is 16.6. The number of nitrogens with zero attached hydrogens (tertiary/aromatic N) is 2. The third-order valence-corrected chi connectivity index (χ3v) is 3.97. The molecule has 0 unspecified atom stereocenters. The Morgan fingerprint density at radius 1 is 1.29 bits per heavy atom. The van der Waals surface area contributed by atoms with Gasteiger partial charge in [0.1, 0.15) is 6.54 Å². The summed E-state index contributed by atoms with van der Waals surface area (Å²) in [5, 5.41) is 0. The standard InChI is InChI=1S/C15H26N2O4/c1-2-10-20-13-5-3-7-16(9-6-13)14(18)12-17-8-4-11-21-15(17)19/h13H,2-12H2,1H3/t13-/m1/s1. The average molecular weight is 298 g/mol. The summed E-state index contributed by atoms with van der Waals surface area (Å²) in [4.78, 5) is 27.2. The normalized spacial score (nSPS) is 23.7. The SMILES string of the molecule is CCCO[C@@H]1CCCN(C(=O)CN2CCCOC2=O)CC1. The predicted octanol–water partition coefficient (Wildman–Crippen LogP) is 1.64. The highest BCUT2D eigenvalue weighted by Gasteiger charge is 2.26. The molecule has 2 heterocycles. The van der Waals surface area contributed by atoms with E-state index in [9.17, 15) is 9.59 Å². The van der Waals surface area contributed by atoms with Gasteiger partial charge in [0.2, 0.25) is 5.91 Å². The Morgan fingerprint density at radius 2 is 2.14 bits per heavy atom. The lowest BCUT2D eigenvalue weighted by atomic mass is 10.2. The summed E-state index contributed by atoms with van der Waals surface area (Å²) >= 11 is 0. The van der Waals surface area contributed by atoms with Crippen molar-refractivity contribution in [2.45, 2.75) is 45.1 Å². The highest BCUT2D eigenvalue weighted by Crippen LogP contribution is 2.15. The van der Waals surface area contributed by atoms with E-state index >= 15 is 0 Å². The highest BCUT2D eigenvalue weighted by molar-refractivity contribution is 5.82. The molecule has 0 radical (unpaired) electrons. The molecule has 0 aromatic carbocycles. The van der Waals surface area contributed by atoms with Crippen LogP contribution in [-0.4, -0.2) is 67.3 Å². The third kappa shape index (κ3) is 4.88. The number of likely N-dealkylation sites (tertiary alicyclic amines) is 1. The van der Waals surface area contributed by atoms with Gasteiger partial charge in [-0.25, -0.2) is 4.79 Å². The number of hydrogen-bond acceptors (Lipinski definition) is 4. The van der Waals surface area contributed by atoms with Crippen LogP contribution in [0.25, 0.3) is 0 Å². The molecule has 2 rings (SSSR count). The Morgan fingerprint density at radius 3 is 2.90 bits per heavy atom. The van der Waals surface area contributed by atoms with E-state index < -0.39 is 0 Å². The summed E-state index contributed by atoms with van der Waals surface area (Å²) in [6.07, 6.45) is 4.58. The lowest BCUT2D eigenvalue weighted by molar-refractivity contribution is -0.132. The molecule has 0 N–H and O–H groups in total. The molecule has 21 heavy (non-hydrogen) atoms. The second-order valence-electron chi connectivity index (χ2n) is 5.69. The van der Waals surface area contributed by atoms with E-state index in [1.54, 1.807) is 0 Å². The van der Waals surface area contributed by atoms with E-state index in [-0.39, 0.29) is 24.6 Å². The average Bonchev–Trinajstić information content (AvgIpc) is 2.73. The van der Waals surface area contributed by atoms with E-state index in [2.05, 4.69) is 6.92 Å². The van der Waals surface area contributed by atoms with Crippen molar-refractivity contribution in [3.05, 3.63) is 0 Å². The number of cyclic esters (lactones) is 1. The van der Waals surface area contributed by atoms with Gasteiger partial charge in [0.15, 0.2) is 0 Å². The van der Waals surface area contributed by atoms with Gasteiger partial charge >= 0.3 is 6.09 Å². The van der Waals surface area contributed by atoms with E-state index in [0.29, 0.717) is 13.2 Å². The minimum absolute atomic E-state index is 0.0185. The van der Waals surface area contributed by atoms with E-state index in [4.69, 9.17) is 9.47 Å². The van der Waals surface area contributed by atoms with Crippen molar-refractivity contribution in [2.24, 2.45) is 0 Å². The second kappa shape index (κ2) is 8.22. The van der Waals surface area contributed by atoms with Crippen LogP contribution in [0, 0.1) is 0 Å². The maximum absolute atomic E-state index is 12.3. The van der Waals surface area contributed by atoms with Crippen molar-refractivity contribution < 1.29 is 19.1 Å². The van der Waals surface area contributed by atoms with Gasteiger partial charge in [-0.3, -0.25) is 9.69 Å². The van der Waals surface area contributed by atoms with Crippen molar-refractivity contribution in [1.82, 2.24) is 9.80 Å². The molecule has 6 heteroatoms. The molecule has 1 atom stereocenters. The molecule has 0 bridgehead atoms. The van der Waals surface area contributed by atoms with Gasteiger partial charge in [-0.2, -0.15) is 0 Å². The number of amides is 2. The van der Waals surface area contributed by atoms with Crippen LogP contribution < -0.4 is 0 Å². The first-order chi connectivity index (χ1) is 10.2. The zero-order chi connectivity index (χ0) is 15.1. The lowest BCUT2D eigenvalue weighted by Gasteiger charge is -2.28. The van der Waals surface area contributed by atoms with Gasteiger partial charge in [-0.1, -0.05) is 6.92 Å². The molecule has 0 saturated carbocycles. The van der Waals surface area contributed by atoms with Crippen molar-refractivity contribution in [1.29, 1.82) is 0 Å². The molecule has 2 aliphatic heterocycles. The summed E-state index contributed by atoms with van der Waals surface area (Å²) in [6.45, 7) is 5.58. The number of rotatable bonds is 5. The first kappa shape index (κ1) is 16.1. The smallest absolute Gasteiger partial charge is 0.410 e. The fraction of sp³-hybridized carbons (Fsp3) is 0.867. The topological polar surface area (TPSA) is 59.1 Å². The Bertz CT molecular complexity index is 362. The van der Waals surface area contributed by atoms with Gasteiger partial charge in [0.05, 0.1) is 12.7 Å². The molecule has 0 spiro atoms. The first-order valence-electron chi connectivity index (χ1n) is 8.01. The molecule has 0 aromatic rings. The Balaban J connectivity index is 1.78. The first-order valence-corrected chi connectivity index (χ1v) is 8.01. The quantitative estimate of drug-likeness (QED) is 0.774. The van der Waals surface area contributed by atoms with Gasteiger partial charge in [0, 0.05) is 26.2 Å². The zero-order valence-corrected chi connectivity index (χ0v) is 12.9. The summed E-state index contributed by atoms with van der Waals surface area (Å²) in [7, 11) is 0. The van der Waals surface area contributed by atoms with E-state index in [0.717, 1.165) is 51.8 Å². The third-order valence-electron chi connectivity index (χ3n) is 3.97. The summed E-state index contributed by atoms with van der Waals surface area (Å²) in [5.41, 5.74) is 0. The van der Waals surface area contributed by atoms with Crippen molar-refractivity contribution in [3.8, 4) is 0 Å². The van der Waals surface area contributed by atoms with Crippen LogP contribution in [0.2, 0.25) is 0 Å². The Kier molecular flexibility index (Phi) is 6.29. The number of carbonyl (C=O) groups excluding carboxylic acids is 2. The van der Waals surface area contributed by atoms with Crippen LogP contribution in [0.4, 0.5) is 4.79 Å². The van der Waals surface area contributed by atoms with Crippen molar-refractivity contribution >= 4 is 12.0 Å². The Labute approximate surface area is 126 Å².